The second-order valence-electron chi connectivity index (χ2n) is 12.6. The molecule has 8 heteroatoms. The monoisotopic (exact) mass is 636 g/mol. The number of carbonyl (C=O) groups is 1. The third kappa shape index (κ3) is 7.09. The number of carbonyl (C=O) groups excluding carboxylic acids is 1. The number of aliphatic hydroxyl groups excluding tert-OH is 1. The topological polar surface area (TPSA) is 101 Å². The van der Waals surface area contributed by atoms with E-state index in [9.17, 15) is 9.90 Å². The molecule has 0 saturated carbocycles. The van der Waals surface area contributed by atoms with Crippen LogP contribution < -0.4 is 0 Å². The quantitative estimate of drug-likeness (QED) is 0.132. The number of rotatable bonds is 12. The second-order valence-corrected chi connectivity index (χ2v) is 12.6. The number of aryl methyl sites for hydroxylation is 2. The molecule has 4 aromatic carbocycles. The van der Waals surface area contributed by atoms with E-state index in [1.54, 1.807) is 12.4 Å². The first-order valence-corrected chi connectivity index (χ1v) is 16.6. The van der Waals surface area contributed by atoms with E-state index >= 15 is 0 Å². The van der Waals surface area contributed by atoms with Crippen molar-refractivity contribution in [1.29, 1.82) is 0 Å². The number of aromatic amines is 2. The minimum Gasteiger partial charge on any atom is -0.389 e. The van der Waals surface area contributed by atoms with Crippen LogP contribution in [0.25, 0.3) is 22.5 Å². The van der Waals surface area contributed by atoms with E-state index < -0.39 is 6.10 Å². The van der Waals surface area contributed by atoms with Gasteiger partial charge in [-0.05, 0) is 83.3 Å². The third-order valence-corrected chi connectivity index (χ3v) is 9.41. The van der Waals surface area contributed by atoms with Crippen molar-refractivity contribution in [1.82, 2.24) is 30.2 Å². The Bertz CT molecular complexity index is 1760. The number of nitrogens with zero attached hydrogens (tertiary/aromatic N) is 4. The molecule has 0 unspecified atom stereocenters. The van der Waals surface area contributed by atoms with Crippen LogP contribution in [0.4, 0.5) is 4.79 Å². The first-order chi connectivity index (χ1) is 23.6. The van der Waals surface area contributed by atoms with Crippen molar-refractivity contribution in [3.63, 3.8) is 0 Å². The van der Waals surface area contributed by atoms with Gasteiger partial charge in [0.2, 0.25) is 0 Å². The maximum Gasteiger partial charge on any atom is 0.321 e. The van der Waals surface area contributed by atoms with Crippen LogP contribution in [-0.4, -0.2) is 59.5 Å². The first-order valence-electron chi connectivity index (χ1n) is 16.6. The van der Waals surface area contributed by atoms with Crippen molar-refractivity contribution in [2.45, 2.75) is 57.0 Å². The van der Waals surface area contributed by atoms with Crippen molar-refractivity contribution >= 4 is 6.03 Å². The zero-order chi connectivity index (χ0) is 32.7. The fraction of sp³-hybridized carbons (Fsp3) is 0.225. The Morgan fingerprint density at radius 1 is 0.562 bits per heavy atom. The molecular weight excluding hydrogens is 596 g/mol. The molecule has 0 radical (unpaired) electrons. The summed E-state index contributed by atoms with van der Waals surface area (Å²) in [6.07, 6.45) is 5.56. The van der Waals surface area contributed by atoms with Crippen molar-refractivity contribution in [3.05, 3.63) is 156 Å². The molecule has 242 valence electrons. The Morgan fingerprint density at radius 2 is 1.00 bits per heavy atom. The predicted molar refractivity (Wildman–Crippen MR) is 188 cm³/mol. The second kappa shape index (κ2) is 14.5. The van der Waals surface area contributed by atoms with E-state index in [2.05, 4.69) is 56.8 Å². The highest BCUT2D eigenvalue weighted by molar-refractivity contribution is 5.77. The van der Waals surface area contributed by atoms with Gasteiger partial charge in [0, 0.05) is 25.5 Å². The van der Waals surface area contributed by atoms with Gasteiger partial charge in [0.05, 0.1) is 29.6 Å². The van der Waals surface area contributed by atoms with Crippen LogP contribution in [0.2, 0.25) is 0 Å². The number of hydrogen-bond acceptors (Lipinski definition) is 4. The fourth-order valence-corrected chi connectivity index (χ4v) is 6.92. The van der Waals surface area contributed by atoms with Gasteiger partial charge in [-0.25, -0.2) is 4.79 Å². The summed E-state index contributed by atoms with van der Waals surface area (Å²) >= 11 is 0. The minimum atomic E-state index is -0.748. The maximum atomic E-state index is 14.9. The molecule has 1 aliphatic heterocycles. The number of aromatic nitrogens is 4. The number of amides is 2. The van der Waals surface area contributed by atoms with Gasteiger partial charge in [-0.3, -0.25) is 10.2 Å². The highest BCUT2D eigenvalue weighted by Gasteiger charge is 2.45. The Balaban J connectivity index is 1.23. The van der Waals surface area contributed by atoms with Gasteiger partial charge in [0.1, 0.15) is 0 Å². The van der Waals surface area contributed by atoms with Crippen LogP contribution in [0, 0.1) is 0 Å². The van der Waals surface area contributed by atoms with E-state index in [-0.39, 0.29) is 18.1 Å². The molecule has 0 bridgehead atoms. The first kappa shape index (κ1) is 31.1. The Labute approximate surface area is 281 Å². The molecule has 3 heterocycles. The summed E-state index contributed by atoms with van der Waals surface area (Å²) in [6, 6.07) is 40.1. The minimum absolute atomic E-state index is 0.0599. The summed E-state index contributed by atoms with van der Waals surface area (Å²) in [5.74, 6) is 0. The lowest BCUT2D eigenvalue weighted by molar-refractivity contribution is -0.0478. The van der Waals surface area contributed by atoms with Crippen LogP contribution in [0.5, 0.6) is 0 Å². The van der Waals surface area contributed by atoms with Gasteiger partial charge >= 0.3 is 6.03 Å². The van der Waals surface area contributed by atoms with Gasteiger partial charge in [-0.15, -0.1) is 0 Å². The molecule has 48 heavy (non-hydrogen) atoms. The maximum absolute atomic E-state index is 14.9. The molecule has 6 aromatic rings. The van der Waals surface area contributed by atoms with Crippen molar-refractivity contribution in [2.75, 3.05) is 0 Å². The summed E-state index contributed by atoms with van der Waals surface area (Å²) < 4.78 is 0. The lowest BCUT2D eigenvalue weighted by atomic mass is 9.88. The molecule has 2 atom stereocenters. The summed E-state index contributed by atoms with van der Waals surface area (Å²) in [7, 11) is 0. The number of H-pyrrole nitrogens is 2. The normalized spacial score (nSPS) is 16.8. The molecule has 0 spiro atoms. The standard InChI is InChI=1S/C40H40N6O2/c47-39-37(19-17-29-9-3-1-4-10-29)45(27-31-13-7-15-33(25-31)35-21-23-41-43-35)40(48)46(38(39)20-18-30-11-5-2-6-12-30)28-32-14-8-16-34(26-32)36-22-24-42-44-36/h1-16,21-26,37-39,47H,17-20,27-28H2,(H,41,43)(H,42,44)/t37-,38-/m1/s1. The average molecular weight is 637 g/mol. The molecule has 2 amide bonds. The zero-order valence-electron chi connectivity index (χ0n) is 26.8. The molecular formula is C40H40N6O2. The molecule has 2 aromatic heterocycles. The molecule has 0 aliphatic carbocycles. The number of hydrogen-bond donors (Lipinski definition) is 3. The zero-order valence-corrected chi connectivity index (χ0v) is 26.8. The van der Waals surface area contributed by atoms with Gasteiger partial charge in [-0.1, -0.05) is 97.1 Å². The van der Waals surface area contributed by atoms with Crippen LogP contribution in [-0.2, 0) is 25.9 Å². The van der Waals surface area contributed by atoms with Gasteiger partial charge in [0.25, 0.3) is 0 Å². The van der Waals surface area contributed by atoms with Crippen LogP contribution in [0.1, 0.15) is 35.1 Å². The predicted octanol–water partition coefficient (Wildman–Crippen LogP) is 7.27. The molecule has 1 aliphatic rings. The third-order valence-electron chi connectivity index (χ3n) is 9.41. The van der Waals surface area contributed by atoms with Crippen molar-refractivity contribution < 1.29 is 9.90 Å². The number of nitrogens with one attached hydrogen (secondary N) is 2. The Morgan fingerprint density at radius 3 is 1.42 bits per heavy atom. The van der Waals surface area contributed by atoms with Gasteiger partial charge in [0.15, 0.2) is 0 Å². The Hall–Kier alpha value is -5.47. The van der Waals surface area contributed by atoms with Gasteiger partial charge in [-0.2, -0.15) is 10.2 Å². The van der Waals surface area contributed by atoms with Crippen LogP contribution in [0.3, 0.4) is 0 Å². The molecule has 8 nitrogen and oxygen atoms in total. The summed E-state index contributed by atoms with van der Waals surface area (Å²) in [5.41, 5.74) is 8.22. The SMILES string of the molecule is O=C1N(Cc2cccc(-c3ccn[nH]3)c2)[C@H](CCc2ccccc2)C(O)[C@@H](CCc2ccccc2)N1Cc1cccc(-c2ccn[nH]2)c1. The van der Waals surface area contributed by atoms with Crippen molar-refractivity contribution in [3.8, 4) is 22.5 Å². The van der Waals surface area contributed by atoms with E-state index in [4.69, 9.17) is 0 Å². The number of benzene rings is 4. The lowest BCUT2D eigenvalue weighted by Crippen LogP contribution is -2.65. The van der Waals surface area contributed by atoms with Crippen molar-refractivity contribution in [2.24, 2.45) is 0 Å². The van der Waals surface area contributed by atoms with Crippen LogP contribution >= 0.6 is 0 Å². The summed E-state index contributed by atoms with van der Waals surface area (Å²) in [6.45, 7) is 0.765. The Kier molecular flexibility index (Phi) is 9.43. The summed E-state index contributed by atoms with van der Waals surface area (Å²) in [5, 5.41) is 26.7. The molecule has 3 N–H and O–H groups in total. The van der Waals surface area contributed by atoms with Crippen LogP contribution in [0.15, 0.2) is 134 Å². The number of aliphatic hydroxyl groups is 1. The van der Waals surface area contributed by atoms with E-state index in [1.165, 1.54) is 11.1 Å². The highest BCUT2D eigenvalue weighted by atomic mass is 16.3. The fourth-order valence-electron chi connectivity index (χ4n) is 6.92. The lowest BCUT2D eigenvalue weighted by Gasteiger charge is -2.49. The van der Waals surface area contributed by atoms with E-state index in [0.717, 1.165) is 46.5 Å². The largest absolute Gasteiger partial charge is 0.389 e. The smallest absolute Gasteiger partial charge is 0.321 e. The molecule has 7 rings (SSSR count). The molecule has 1 fully saturated rings. The highest BCUT2D eigenvalue weighted by Crippen LogP contribution is 2.32. The number of urea groups is 1. The average Bonchev–Trinajstić information content (AvgIpc) is 3.87. The van der Waals surface area contributed by atoms with Gasteiger partial charge < -0.3 is 14.9 Å². The molecule has 1 saturated heterocycles. The van der Waals surface area contributed by atoms with E-state index in [0.29, 0.717) is 25.9 Å². The summed E-state index contributed by atoms with van der Waals surface area (Å²) in [4.78, 5) is 18.7. The van der Waals surface area contributed by atoms with E-state index in [1.807, 2.05) is 94.7 Å².